The maximum Gasteiger partial charge on any atom is 0.123 e. The van der Waals surface area contributed by atoms with Crippen molar-refractivity contribution in [1.82, 2.24) is 19.7 Å². The van der Waals surface area contributed by atoms with Crippen molar-refractivity contribution in [2.45, 2.75) is 19.6 Å². The first-order valence-corrected chi connectivity index (χ1v) is 7.29. The van der Waals surface area contributed by atoms with Gasteiger partial charge in [-0.05, 0) is 30.7 Å². The number of nitriles is 1. The normalized spacial score (nSPS) is 11.9. The third kappa shape index (κ3) is 3.14. The molecular weight excluding hydrogens is 309 g/mol. The van der Waals surface area contributed by atoms with Crippen molar-refractivity contribution in [2.75, 3.05) is 0 Å². The van der Waals surface area contributed by atoms with E-state index < -0.39 is 11.9 Å². The molecule has 3 rings (SSSR count). The fourth-order valence-electron chi connectivity index (χ4n) is 2.46. The van der Waals surface area contributed by atoms with Gasteiger partial charge in [0.2, 0.25) is 0 Å². The summed E-state index contributed by atoms with van der Waals surface area (Å²) in [5, 5.41) is 22.9. The number of nitrogens with zero attached hydrogens (tertiary/aromatic N) is 5. The molecule has 7 heteroatoms. The molecular formula is C17H14FN5O. The first-order chi connectivity index (χ1) is 11.6. The highest BCUT2D eigenvalue weighted by atomic mass is 19.1. The molecule has 1 unspecified atom stereocenters. The van der Waals surface area contributed by atoms with Crippen molar-refractivity contribution in [2.24, 2.45) is 0 Å². The van der Waals surface area contributed by atoms with Gasteiger partial charge in [-0.2, -0.15) is 10.4 Å². The van der Waals surface area contributed by atoms with Crippen LogP contribution in [0.25, 0.3) is 11.3 Å². The summed E-state index contributed by atoms with van der Waals surface area (Å²) in [4.78, 5) is 8.67. The summed E-state index contributed by atoms with van der Waals surface area (Å²) in [6.45, 7) is 1.88. The number of halogens is 1. The van der Waals surface area contributed by atoms with Crippen molar-refractivity contribution in [1.29, 1.82) is 5.26 Å². The molecule has 0 bridgehead atoms. The van der Waals surface area contributed by atoms with Gasteiger partial charge in [-0.3, -0.25) is 14.6 Å². The van der Waals surface area contributed by atoms with Gasteiger partial charge in [0.25, 0.3) is 0 Å². The van der Waals surface area contributed by atoms with Gasteiger partial charge in [0.05, 0.1) is 35.8 Å². The van der Waals surface area contributed by atoms with Crippen LogP contribution in [0.2, 0.25) is 0 Å². The highest BCUT2D eigenvalue weighted by Crippen LogP contribution is 2.29. The molecule has 0 aliphatic heterocycles. The van der Waals surface area contributed by atoms with Crippen molar-refractivity contribution in [3.05, 3.63) is 65.6 Å². The highest BCUT2D eigenvalue weighted by molar-refractivity contribution is 5.66. The zero-order valence-electron chi connectivity index (χ0n) is 12.9. The van der Waals surface area contributed by atoms with Gasteiger partial charge in [-0.1, -0.05) is 0 Å². The Morgan fingerprint density at radius 3 is 2.83 bits per heavy atom. The Hall–Kier alpha value is -3.11. The standard InChI is InChI=1S/C17H14FN5O/c1-11(24)15-6-13(18)2-3-14(15)17-16(20-4-5-21-17)10-23-9-12(7-19)8-22-23/h2-6,8-9,11,24H,10H2,1H3. The molecule has 0 saturated carbocycles. The number of hydrogen-bond donors (Lipinski definition) is 1. The lowest BCUT2D eigenvalue weighted by Gasteiger charge is -2.14. The van der Waals surface area contributed by atoms with E-state index in [9.17, 15) is 9.50 Å². The van der Waals surface area contributed by atoms with Crippen molar-refractivity contribution in [3.63, 3.8) is 0 Å². The number of benzene rings is 1. The van der Waals surface area contributed by atoms with E-state index in [4.69, 9.17) is 5.26 Å². The molecule has 2 heterocycles. The molecule has 24 heavy (non-hydrogen) atoms. The third-order valence-electron chi connectivity index (χ3n) is 3.57. The molecule has 0 aliphatic rings. The SMILES string of the molecule is CC(O)c1cc(F)ccc1-c1nccnc1Cn1cc(C#N)cn1. The summed E-state index contributed by atoms with van der Waals surface area (Å²) < 4.78 is 15.1. The minimum Gasteiger partial charge on any atom is -0.389 e. The van der Waals surface area contributed by atoms with Gasteiger partial charge < -0.3 is 5.11 Å². The molecule has 0 saturated heterocycles. The van der Waals surface area contributed by atoms with Gasteiger partial charge >= 0.3 is 0 Å². The van der Waals surface area contributed by atoms with Crippen LogP contribution < -0.4 is 0 Å². The Bertz CT molecular complexity index is 913. The van der Waals surface area contributed by atoms with Crippen LogP contribution in [-0.4, -0.2) is 24.9 Å². The van der Waals surface area contributed by atoms with Gasteiger partial charge in [-0.15, -0.1) is 0 Å². The second-order valence-electron chi connectivity index (χ2n) is 5.30. The average Bonchev–Trinajstić information content (AvgIpc) is 3.03. The molecule has 1 N–H and O–H groups in total. The molecule has 1 aromatic carbocycles. The number of rotatable bonds is 4. The van der Waals surface area contributed by atoms with Crippen LogP contribution in [0.1, 0.15) is 29.8 Å². The smallest absolute Gasteiger partial charge is 0.123 e. The molecule has 0 radical (unpaired) electrons. The Morgan fingerprint density at radius 1 is 1.33 bits per heavy atom. The van der Waals surface area contributed by atoms with E-state index in [1.807, 2.05) is 6.07 Å². The third-order valence-corrected chi connectivity index (χ3v) is 3.57. The summed E-state index contributed by atoms with van der Waals surface area (Å²) in [6, 6.07) is 6.21. The van der Waals surface area contributed by atoms with Crippen LogP contribution >= 0.6 is 0 Å². The second-order valence-corrected chi connectivity index (χ2v) is 5.30. The van der Waals surface area contributed by atoms with E-state index in [2.05, 4.69) is 15.1 Å². The molecule has 2 aromatic heterocycles. The number of aliphatic hydroxyl groups excluding tert-OH is 1. The quantitative estimate of drug-likeness (QED) is 0.797. The van der Waals surface area contributed by atoms with E-state index in [1.54, 1.807) is 30.1 Å². The number of hydrogen-bond acceptors (Lipinski definition) is 5. The van der Waals surface area contributed by atoms with Crippen LogP contribution in [0, 0.1) is 17.1 Å². The largest absolute Gasteiger partial charge is 0.389 e. The topological polar surface area (TPSA) is 87.6 Å². The summed E-state index contributed by atoms with van der Waals surface area (Å²) >= 11 is 0. The van der Waals surface area contributed by atoms with Crippen LogP contribution in [0.4, 0.5) is 4.39 Å². The van der Waals surface area contributed by atoms with E-state index in [-0.39, 0.29) is 0 Å². The molecule has 3 aromatic rings. The molecule has 6 nitrogen and oxygen atoms in total. The average molecular weight is 323 g/mol. The molecule has 0 amide bonds. The van der Waals surface area contributed by atoms with Crippen molar-refractivity contribution in [3.8, 4) is 17.3 Å². The lowest BCUT2D eigenvalue weighted by atomic mass is 9.99. The molecule has 0 fully saturated rings. The van der Waals surface area contributed by atoms with Crippen LogP contribution in [0.3, 0.4) is 0 Å². The highest BCUT2D eigenvalue weighted by Gasteiger charge is 2.16. The summed E-state index contributed by atoms with van der Waals surface area (Å²) in [5.41, 5.74) is 2.66. The van der Waals surface area contributed by atoms with Gasteiger partial charge in [0, 0.05) is 24.2 Å². The van der Waals surface area contributed by atoms with E-state index in [1.165, 1.54) is 24.5 Å². The van der Waals surface area contributed by atoms with Crippen LogP contribution in [0.5, 0.6) is 0 Å². The number of aliphatic hydroxyl groups is 1. The molecule has 120 valence electrons. The van der Waals surface area contributed by atoms with Gasteiger partial charge in [-0.25, -0.2) is 4.39 Å². The first-order valence-electron chi connectivity index (χ1n) is 7.29. The maximum absolute atomic E-state index is 13.5. The van der Waals surface area contributed by atoms with Crippen molar-refractivity contribution < 1.29 is 9.50 Å². The van der Waals surface area contributed by atoms with E-state index in [0.717, 1.165) is 0 Å². The zero-order chi connectivity index (χ0) is 17.1. The lowest BCUT2D eigenvalue weighted by Crippen LogP contribution is -2.07. The fraction of sp³-hybridized carbons (Fsp3) is 0.176. The number of aromatic nitrogens is 4. The van der Waals surface area contributed by atoms with Crippen molar-refractivity contribution >= 4 is 0 Å². The molecule has 0 aliphatic carbocycles. The van der Waals surface area contributed by atoms with Gasteiger partial charge in [0.15, 0.2) is 0 Å². The zero-order valence-corrected chi connectivity index (χ0v) is 12.9. The summed E-state index contributed by atoms with van der Waals surface area (Å²) in [5.74, 6) is -0.425. The fourth-order valence-corrected chi connectivity index (χ4v) is 2.46. The monoisotopic (exact) mass is 323 g/mol. The summed E-state index contributed by atoms with van der Waals surface area (Å²) in [6.07, 6.45) is 5.32. The predicted octanol–water partition coefficient (Wildman–Crippen LogP) is 2.45. The first kappa shape index (κ1) is 15.8. The Labute approximate surface area is 137 Å². The second kappa shape index (κ2) is 6.56. The Kier molecular flexibility index (Phi) is 4.31. The van der Waals surface area contributed by atoms with E-state index >= 15 is 0 Å². The maximum atomic E-state index is 13.5. The minimum atomic E-state index is -0.847. The van der Waals surface area contributed by atoms with E-state index in [0.29, 0.717) is 34.6 Å². The summed E-state index contributed by atoms with van der Waals surface area (Å²) in [7, 11) is 0. The van der Waals surface area contributed by atoms with Crippen LogP contribution in [-0.2, 0) is 6.54 Å². The molecule has 0 spiro atoms. The predicted molar refractivity (Wildman–Crippen MR) is 84.1 cm³/mol. The van der Waals surface area contributed by atoms with Crippen LogP contribution in [0.15, 0.2) is 43.0 Å². The van der Waals surface area contributed by atoms with Gasteiger partial charge in [0.1, 0.15) is 11.9 Å². The minimum absolute atomic E-state index is 0.307. The Balaban J connectivity index is 2.05. The Morgan fingerprint density at radius 2 is 2.12 bits per heavy atom. The lowest BCUT2D eigenvalue weighted by molar-refractivity contribution is 0.199. The molecule has 1 atom stereocenters.